The number of carbonyl (C=O) groups excluding carboxylic acids is 2. The van der Waals surface area contributed by atoms with Gasteiger partial charge in [0.15, 0.2) is 0 Å². The third-order valence-electron chi connectivity index (χ3n) is 3.82. The maximum Gasteiger partial charge on any atom is 0.410 e. The zero-order valence-electron chi connectivity index (χ0n) is 13.2. The van der Waals surface area contributed by atoms with Gasteiger partial charge in [0.2, 0.25) is 0 Å². The van der Waals surface area contributed by atoms with Crippen molar-refractivity contribution in [3.63, 3.8) is 0 Å². The van der Waals surface area contributed by atoms with Crippen molar-refractivity contribution >= 4 is 11.9 Å². The van der Waals surface area contributed by atoms with E-state index in [4.69, 9.17) is 9.47 Å². The first-order chi connectivity index (χ1) is 10.6. The number of morpholine rings is 1. The van der Waals surface area contributed by atoms with Gasteiger partial charge in [-0.3, -0.25) is 9.69 Å². The van der Waals surface area contributed by atoms with Crippen LogP contribution in [0.25, 0.3) is 0 Å². The summed E-state index contributed by atoms with van der Waals surface area (Å²) in [6, 6.07) is 9.29. The smallest absolute Gasteiger partial charge is 0.410 e. The number of ketones is 1. The van der Waals surface area contributed by atoms with Gasteiger partial charge in [0.25, 0.3) is 0 Å². The van der Waals surface area contributed by atoms with Crippen LogP contribution in [0.5, 0.6) is 0 Å². The molecule has 1 aromatic carbocycles. The predicted octanol–water partition coefficient (Wildman–Crippen LogP) is 2.78. The van der Waals surface area contributed by atoms with Crippen LogP contribution in [0.3, 0.4) is 0 Å². The summed E-state index contributed by atoms with van der Waals surface area (Å²) < 4.78 is 11.0. The third kappa shape index (κ3) is 4.31. The van der Waals surface area contributed by atoms with E-state index in [1.165, 1.54) is 6.92 Å². The number of rotatable bonds is 5. The molecule has 1 aliphatic heterocycles. The van der Waals surface area contributed by atoms with E-state index >= 15 is 0 Å². The first kappa shape index (κ1) is 16.5. The van der Waals surface area contributed by atoms with Crippen LogP contribution in [0.4, 0.5) is 4.79 Å². The van der Waals surface area contributed by atoms with Crippen molar-refractivity contribution in [3.8, 4) is 0 Å². The molecule has 0 N–H and O–H groups in total. The molecule has 5 heteroatoms. The zero-order valence-corrected chi connectivity index (χ0v) is 13.2. The van der Waals surface area contributed by atoms with Gasteiger partial charge in [-0.25, -0.2) is 4.79 Å². The Morgan fingerprint density at radius 2 is 1.91 bits per heavy atom. The molecule has 0 aliphatic carbocycles. The molecule has 2 atom stereocenters. The fourth-order valence-corrected chi connectivity index (χ4v) is 2.69. The third-order valence-corrected chi connectivity index (χ3v) is 3.82. The highest BCUT2D eigenvalue weighted by molar-refractivity contribution is 5.77. The molecule has 0 saturated carbocycles. The van der Waals surface area contributed by atoms with Crippen LogP contribution in [0.2, 0.25) is 0 Å². The van der Waals surface area contributed by atoms with Gasteiger partial charge in [0.05, 0.1) is 25.3 Å². The molecule has 1 fully saturated rings. The van der Waals surface area contributed by atoms with Crippen molar-refractivity contribution in [1.29, 1.82) is 0 Å². The Hall–Kier alpha value is -1.88. The van der Waals surface area contributed by atoms with Gasteiger partial charge in [0.1, 0.15) is 12.4 Å². The van der Waals surface area contributed by atoms with E-state index in [2.05, 4.69) is 0 Å². The molecular formula is C17H23NO4. The number of amides is 1. The lowest BCUT2D eigenvalue weighted by molar-refractivity contribution is -0.120. The van der Waals surface area contributed by atoms with Crippen LogP contribution in [-0.4, -0.2) is 42.1 Å². The van der Waals surface area contributed by atoms with E-state index < -0.39 is 0 Å². The number of benzene rings is 1. The zero-order chi connectivity index (χ0) is 15.9. The van der Waals surface area contributed by atoms with E-state index in [1.54, 1.807) is 4.90 Å². The topological polar surface area (TPSA) is 55.8 Å². The molecular weight excluding hydrogens is 282 g/mol. The second kappa shape index (κ2) is 7.94. The van der Waals surface area contributed by atoms with Crippen LogP contribution in [0.1, 0.15) is 32.3 Å². The van der Waals surface area contributed by atoms with E-state index in [-0.39, 0.29) is 30.6 Å². The Morgan fingerprint density at radius 3 is 2.55 bits per heavy atom. The quantitative estimate of drug-likeness (QED) is 0.839. The minimum absolute atomic E-state index is 0.0404. The molecule has 0 bridgehead atoms. The Balaban J connectivity index is 2.02. The molecule has 22 heavy (non-hydrogen) atoms. The molecule has 1 aromatic rings. The minimum Gasteiger partial charge on any atom is -0.445 e. The standard InChI is InChI=1S/C17H23NO4/c1-3-15-11-21-12-16(9-13(2)19)18(15)17(20)22-10-14-7-5-4-6-8-14/h4-8,15-16H,3,9-12H2,1-2H3/t15-,16-/m0/s1. The Labute approximate surface area is 131 Å². The highest BCUT2D eigenvalue weighted by Crippen LogP contribution is 2.20. The summed E-state index contributed by atoms with van der Waals surface area (Å²) in [5, 5.41) is 0. The Morgan fingerprint density at radius 1 is 1.23 bits per heavy atom. The first-order valence-electron chi connectivity index (χ1n) is 7.68. The van der Waals surface area contributed by atoms with Gasteiger partial charge in [-0.05, 0) is 18.9 Å². The first-order valence-corrected chi connectivity index (χ1v) is 7.68. The second-order valence-electron chi connectivity index (χ2n) is 5.61. The highest BCUT2D eigenvalue weighted by Gasteiger charge is 2.35. The number of Topliss-reactive ketones (excluding diaryl/α,β-unsaturated/α-hetero) is 1. The SMILES string of the molecule is CC[C@H]1COC[C@H](CC(C)=O)N1C(=O)OCc1ccccc1. The second-order valence-corrected chi connectivity index (χ2v) is 5.61. The van der Waals surface area contributed by atoms with Crippen molar-refractivity contribution in [3.05, 3.63) is 35.9 Å². The molecule has 120 valence electrons. The number of carbonyl (C=O) groups is 2. The van der Waals surface area contributed by atoms with Gasteiger partial charge < -0.3 is 9.47 Å². The fraction of sp³-hybridized carbons (Fsp3) is 0.529. The number of hydrogen-bond donors (Lipinski definition) is 0. The summed E-state index contributed by atoms with van der Waals surface area (Å²) >= 11 is 0. The van der Waals surface area contributed by atoms with Gasteiger partial charge in [0, 0.05) is 6.42 Å². The summed E-state index contributed by atoms with van der Waals surface area (Å²) in [5.74, 6) is 0.0474. The van der Waals surface area contributed by atoms with Crippen molar-refractivity contribution in [1.82, 2.24) is 4.90 Å². The molecule has 0 aromatic heterocycles. The van der Waals surface area contributed by atoms with E-state index in [0.29, 0.717) is 19.6 Å². The molecule has 0 spiro atoms. The average molecular weight is 305 g/mol. The molecule has 1 aliphatic rings. The lowest BCUT2D eigenvalue weighted by Gasteiger charge is -2.40. The van der Waals surface area contributed by atoms with Crippen LogP contribution in [-0.2, 0) is 20.9 Å². The van der Waals surface area contributed by atoms with E-state index in [0.717, 1.165) is 12.0 Å². The van der Waals surface area contributed by atoms with E-state index in [1.807, 2.05) is 37.3 Å². The van der Waals surface area contributed by atoms with Gasteiger partial charge in [-0.1, -0.05) is 37.3 Å². The number of ether oxygens (including phenoxy) is 2. The van der Waals surface area contributed by atoms with Gasteiger partial charge in [-0.15, -0.1) is 0 Å². The van der Waals surface area contributed by atoms with E-state index in [9.17, 15) is 9.59 Å². The molecule has 1 heterocycles. The predicted molar refractivity (Wildman–Crippen MR) is 82.5 cm³/mol. The molecule has 2 rings (SSSR count). The van der Waals surface area contributed by atoms with Gasteiger partial charge >= 0.3 is 6.09 Å². The van der Waals surface area contributed by atoms with Crippen LogP contribution < -0.4 is 0 Å². The summed E-state index contributed by atoms with van der Waals surface area (Å²) in [6.07, 6.45) is 0.705. The molecule has 5 nitrogen and oxygen atoms in total. The summed E-state index contributed by atoms with van der Waals surface area (Å²) in [5.41, 5.74) is 0.945. The summed E-state index contributed by atoms with van der Waals surface area (Å²) in [6.45, 7) is 4.65. The minimum atomic E-state index is -0.370. The van der Waals surface area contributed by atoms with Crippen molar-refractivity contribution in [2.75, 3.05) is 13.2 Å². The van der Waals surface area contributed by atoms with Crippen LogP contribution in [0.15, 0.2) is 30.3 Å². The molecule has 0 radical (unpaired) electrons. The maximum absolute atomic E-state index is 12.5. The average Bonchev–Trinajstić information content (AvgIpc) is 2.52. The fourth-order valence-electron chi connectivity index (χ4n) is 2.69. The number of nitrogens with zero attached hydrogens (tertiary/aromatic N) is 1. The van der Waals surface area contributed by atoms with Crippen molar-refractivity contribution in [2.45, 2.75) is 45.4 Å². The summed E-state index contributed by atoms with van der Waals surface area (Å²) in [4.78, 5) is 25.6. The highest BCUT2D eigenvalue weighted by atomic mass is 16.6. The van der Waals surface area contributed by atoms with Crippen LogP contribution >= 0.6 is 0 Å². The van der Waals surface area contributed by atoms with Crippen molar-refractivity contribution in [2.24, 2.45) is 0 Å². The monoisotopic (exact) mass is 305 g/mol. The molecule has 1 saturated heterocycles. The van der Waals surface area contributed by atoms with Crippen LogP contribution in [0, 0.1) is 0 Å². The largest absolute Gasteiger partial charge is 0.445 e. The lowest BCUT2D eigenvalue weighted by atomic mass is 10.0. The van der Waals surface area contributed by atoms with Gasteiger partial charge in [-0.2, -0.15) is 0 Å². The maximum atomic E-state index is 12.5. The number of hydrogen-bond acceptors (Lipinski definition) is 4. The van der Waals surface area contributed by atoms with Crippen molar-refractivity contribution < 1.29 is 19.1 Å². The summed E-state index contributed by atoms with van der Waals surface area (Å²) in [7, 11) is 0. The Kier molecular flexibility index (Phi) is 5.95. The Bertz CT molecular complexity index is 503. The molecule has 0 unspecified atom stereocenters. The molecule has 1 amide bonds. The lowest BCUT2D eigenvalue weighted by Crippen LogP contribution is -2.55. The normalized spacial score (nSPS) is 21.5.